The minimum absolute atomic E-state index is 0.274. The molecule has 0 saturated heterocycles. The van der Waals surface area contributed by atoms with E-state index < -0.39 is 0 Å². The molecule has 7 nitrogen and oxygen atoms in total. The van der Waals surface area contributed by atoms with E-state index in [-0.39, 0.29) is 15.0 Å². The number of hydrogen-bond donors (Lipinski definition) is 0. The zero-order chi connectivity index (χ0) is 32.8. The molecule has 0 radical (unpaired) electrons. The molecule has 0 amide bonds. The third kappa shape index (κ3) is 4.16. The Balaban J connectivity index is 1.08. The molecule has 10 aromatic rings. The molecule has 0 fully saturated rings. The van der Waals surface area contributed by atoms with Crippen LogP contribution in [0.15, 0.2) is 140 Å². The Kier molecular flexibility index (Phi) is 5.84. The van der Waals surface area contributed by atoms with Gasteiger partial charge < -0.3 is 0 Å². The number of hydrogen-bond acceptors (Lipinski definition) is 7. The Morgan fingerprint density at radius 3 is 1.20 bits per heavy atom. The van der Waals surface area contributed by atoms with E-state index in [1.54, 1.807) is 0 Å². The van der Waals surface area contributed by atoms with Crippen molar-refractivity contribution in [3.63, 3.8) is 0 Å². The summed E-state index contributed by atoms with van der Waals surface area (Å²) in [5, 5.41) is 0. The number of nitrogens with zero attached hydrogens (tertiary/aromatic N) is 7. The number of anilines is 3. The Labute approximate surface area is 291 Å². The van der Waals surface area contributed by atoms with E-state index in [0.29, 0.717) is 33.1 Å². The SMILES string of the molecule is c1ccc2c(c1)[Se]c1ccccc1N2c1ccc(-c2ccc3nc4c5nc6ccccc6nc5c5nc6ccccc6nc5c4nc3c2)cc1. The first-order chi connectivity index (χ1) is 24.7. The van der Waals surface area contributed by atoms with Crippen LogP contribution in [0.2, 0.25) is 0 Å². The Bertz CT molecular complexity index is 2940. The van der Waals surface area contributed by atoms with Crippen LogP contribution in [-0.4, -0.2) is 44.9 Å². The van der Waals surface area contributed by atoms with Crippen molar-refractivity contribution < 1.29 is 0 Å². The van der Waals surface area contributed by atoms with Crippen LogP contribution < -0.4 is 13.8 Å². The van der Waals surface area contributed by atoms with Gasteiger partial charge in [0.2, 0.25) is 0 Å². The molecule has 1 aliphatic rings. The Morgan fingerprint density at radius 1 is 0.340 bits per heavy atom. The maximum absolute atomic E-state index is 5.23. The molecule has 0 unspecified atom stereocenters. The Morgan fingerprint density at radius 2 is 0.720 bits per heavy atom. The second-order valence-corrected chi connectivity index (χ2v) is 14.6. The van der Waals surface area contributed by atoms with Gasteiger partial charge in [-0.1, -0.05) is 24.3 Å². The molecule has 50 heavy (non-hydrogen) atoms. The summed E-state index contributed by atoms with van der Waals surface area (Å²) in [5.41, 5.74) is 14.6. The number of fused-ring (bicyclic) bond motifs is 11. The van der Waals surface area contributed by atoms with Gasteiger partial charge in [-0.3, -0.25) is 0 Å². The molecule has 0 spiro atoms. The molecule has 8 heteroatoms. The predicted molar refractivity (Wildman–Crippen MR) is 203 cm³/mol. The van der Waals surface area contributed by atoms with Gasteiger partial charge in [-0.05, 0) is 24.3 Å². The number of rotatable bonds is 2. The summed E-state index contributed by atoms with van der Waals surface area (Å²) >= 11 is 0.274. The fourth-order valence-corrected chi connectivity index (χ4v) is 9.23. The van der Waals surface area contributed by atoms with E-state index in [4.69, 9.17) is 29.9 Å². The number of benzene rings is 7. The van der Waals surface area contributed by atoms with Gasteiger partial charge in [0.15, 0.2) is 0 Å². The van der Waals surface area contributed by atoms with Crippen LogP contribution in [-0.2, 0) is 0 Å². The second kappa shape index (κ2) is 10.6. The first-order valence-corrected chi connectivity index (χ1v) is 18.1. The van der Waals surface area contributed by atoms with Crippen molar-refractivity contribution in [1.29, 1.82) is 0 Å². The van der Waals surface area contributed by atoms with E-state index >= 15 is 0 Å². The third-order valence-corrected chi connectivity index (χ3v) is 11.7. The average molecular weight is 705 g/mol. The van der Waals surface area contributed by atoms with Crippen LogP contribution in [0.5, 0.6) is 0 Å². The topological polar surface area (TPSA) is 80.6 Å². The second-order valence-electron chi connectivity index (χ2n) is 12.4. The zero-order valence-corrected chi connectivity index (χ0v) is 28.0. The van der Waals surface area contributed by atoms with Gasteiger partial charge in [-0.25, -0.2) is 19.9 Å². The first-order valence-electron chi connectivity index (χ1n) is 16.4. The normalized spacial score (nSPS) is 12.7. The van der Waals surface area contributed by atoms with Gasteiger partial charge >= 0.3 is 174 Å². The summed E-state index contributed by atoms with van der Waals surface area (Å²) < 4.78 is 2.78. The molecular weight excluding hydrogens is 681 g/mol. The van der Waals surface area contributed by atoms with Crippen LogP contribution in [0.1, 0.15) is 0 Å². The van der Waals surface area contributed by atoms with Crippen molar-refractivity contribution in [2.75, 3.05) is 4.90 Å². The van der Waals surface area contributed by atoms with Gasteiger partial charge in [0.1, 0.15) is 27.6 Å². The van der Waals surface area contributed by atoms with Crippen LogP contribution in [0.4, 0.5) is 17.1 Å². The van der Waals surface area contributed by atoms with Gasteiger partial charge in [0.05, 0.1) is 22.1 Å². The van der Waals surface area contributed by atoms with Crippen molar-refractivity contribution in [1.82, 2.24) is 29.9 Å². The van der Waals surface area contributed by atoms with E-state index in [1.807, 2.05) is 54.6 Å². The number of aromatic nitrogens is 6. The quantitative estimate of drug-likeness (QED) is 0.102. The standard InChI is InChI=1S/C42H23N7Se/c1-2-10-28-27(9-1)43-37-38-40(46-30-12-4-3-11-29(30)44-38)42-41(39(37)45-28)47-31-22-19-25(23-32(31)48-42)24-17-20-26(21-18-24)49-33-13-5-7-15-35(33)50-36-16-8-6-14-34(36)49/h1-23H. The fraction of sp³-hybridized carbons (Fsp3) is 0. The monoisotopic (exact) mass is 705 g/mol. The molecule has 0 aliphatic carbocycles. The molecule has 7 aromatic carbocycles. The van der Waals surface area contributed by atoms with Gasteiger partial charge in [0, 0.05) is 0 Å². The van der Waals surface area contributed by atoms with Gasteiger partial charge in [-0.15, -0.1) is 0 Å². The summed E-state index contributed by atoms with van der Waals surface area (Å²) in [5.74, 6) is 0. The zero-order valence-electron chi connectivity index (χ0n) is 26.3. The average Bonchev–Trinajstić information content (AvgIpc) is 3.18. The molecule has 0 atom stereocenters. The van der Waals surface area contributed by atoms with Crippen molar-refractivity contribution in [3.05, 3.63) is 140 Å². The van der Waals surface area contributed by atoms with Crippen LogP contribution in [0.3, 0.4) is 0 Å². The predicted octanol–water partition coefficient (Wildman–Crippen LogP) is 8.08. The molecule has 4 heterocycles. The van der Waals surface area contributed by atoms with E-state index in [1.165, 1.54) is 20.3 Å². The van der Waals surface area contributed by atoms with E-state index in [2.05, 4.69) is 89.8 Å². The van der Waals surface area contributed by atoms with Crippen molar-refractivity contribution >= 4 is 107 Å². The molecule has 1 aliphatic heterocycles. The molecule has 0 saturated carbocycles. The molecule has 232 valence electrons. The summed E-state index contributed by atoms with van der Waals surface area (Å²) in [6, 6.07) is 48.3. The molecule has 11 rings (SSSR count). The van der Waals surface area contributed by atoms with Crippen LogP contribution in [0, 0.1) is 0 Å². The maximum atomic E-state index is 5.23. The first kappa shape index (κ1) is 27.6. The van der Waals surface area contributed by atoms with Crippen molar-refractivity contribution in [2.45, 2.75) is 0 Å². The van der Waals surface area contributed by atoms with E-state index in [9.17, 15) is 0 Å². The molecular formula is C42H23N7Se. The van der Waals surface area contributed by atoms with Crippen molar-refractivity contribution in [2.24, 2.45) is 0 Å². The summed E-state index contributed by atoms with van der Waals surface area (Å²) in [7, 11) is 0. The minimum atomic E-state index is 0.274. The molecule has 0 N–H and O–H groups in total. The number of para-hydroxylation sites is 6. The van der Waals surface area contributed by atoms with Crippen LogP contribution >= 0.6 is 0 Å². The summed E-state index contributed by atoms with van der Waals surface area (Å²) in [6.07, 6.45) is 0. The van der Waals surface area contributed by atoms with Crippen LogP contribution in [0.25, 0.3) is 77.3 Å². The molecule has 0 bridgehead atoms. The van der Waals surface area contributed by atoms with Crippen molar-refractivity contribution in [3.8, 4) is 11.1 Å². The molecule has 3 aromatic heterocycles. The Hall–Kier alpha value is -6.34. The third-order valence-electron chi connectivity index (χ3n) is 9.37. The van der Waals surface area contributed by atoms with E-state index in [0.717, 1.165) is 49.9 Å². The summed E-state index contributed by atoms with van der Waals surface area (Å²) in [4.78, 5) is 33.0. The van der Waals surface area contributed by atoms with Gasteiger partial charge in [-0.2, -0.15) is 0 Å². The fourth-order valence-electron chi connectivity index (χ4n) is 7.01. The van der Waals surface area contributed by atoms with Gasteiger partial charge in [0.25, 0.3) is 0 Å². The summed E-state index contributed by atoms with van der Waals surface area (Å²) in [6.45, 7) is 0.